The predicted octanol–water partition coefficient (Wildman–Crippen LogP) is 3.06. The normalized spacial score (nSPS) is 10.7. The summed E-state index contributed by atoms with van der Waals surface area (Å²) >= 11 is 0. The molecule has 0 saturated heterocycles. The van der Waals surface area contributed by atoms with Crippen LogP contribution >= 0.6 is 0 Å². The van der Waals surface area contributed by atoms with Crippen LogP contribution in [0.1, 0.15) is 29.5 Å². The highest BCUT2D eigenvalue weighted by atomic mass is 16.5. The van der Waals surface area contributed by atoms with E-state index in [9.17, 15) is 4.79 Å². The largest absolute Gasteiger partial charge is 0.472 e. The van der Waals surface area contributed by atoms with Gasteiger partial charge in [0.25, 0.3) is 5.91 Å². The number of anilines is 3. The van der Waals surface area contributed by atoms with Crippen LogP contribution in [0, 0.1) is 0 Å². The maximum absolute atomic E-state index is 12.4. The second kappa shape index (κ2) is 10.5. The third-order valence-electron chi connectivity index (χ3n) is 3.96. The third-order valence-corrected chi connectivity index (χ3v) is 3.96. The van der Waals surface area contributed by atoms with Crippen molar-refractivity contribution in [3.8, 4) is 5.88 Å². The van der Waals surface area contributed by atoms with Crippen LogP contribution in [0.15, 0.2) is 61.2 Å². The highest BCUT2D eigenvalue weighted by molar-refractivity contribution is 6.02. The van der Waals surface area contributed by atoms with Gasteiger partial charge in [0.1, 0.15) is 18.1 Å². The Kier molecular flexibility index (Phi) is 7.26. The smallest absolute Gasteiger partial charge is 0.275 e. The lowest BCUT2D eigenvalue weighted by Gasteiger charge is -2.09. The fourth-order valence-electron chi connectivity index (χ4n) is 2.48. The summed E-state index contributed by atoms with van der Waals surface area (Å²) in [6.07, 6.45) is 10.9. The monoisotopic (exact) mass is 405 g/mol. The number of carbonyl (C=O) groups excluding carboxylic acids is 1. The molecule has 0 fully saturated rings. The quantitative estimate of drug-likeness (QED) is 0.463. The number of nitrogen functional groups attached to an aromatic ring is 1. The molecule has 0 unspecified atom stereocenters. The van der Waals surface area contributed by atoms with Crippen LogP contribution in [-0.4, -0.2) is 32.4 Å². The molecule has 0 spiro atoms. The molecule has 3 rings (SSSR count). The number of allylic oxidation sites excluding steroid dienone is 1. The number of nitrogens with two attached hydrogens (primary N) is 1. The van der Waals surface area contributed by atoms with Crippen molar-refractivity contribution in [2.45, 2.75) is 19.9 Å². The number of rotatable bonds is 9. The van der Waals surface area contributed by atoms with Gasteiger partial charge in [-0.25, -0.2) is 15.0 Å². The van der Waals surface area contributed by atoms with E-state index in [2.05, 4.69) is 30.6 Å². The first-order valence-electron chi connectivity index (χ1n) is 9.46. The number of hydrogen-bond acceptors (Lipinski definition) is 8. The average Bonchev–Trinajstić information content (AvgIpc) is 2.77. The molecule has 3 heterocycles. The molecule has 0 aliphatic heterocycles. The fourth-order valence-corrected chi connectivity index (χ4v) is 2.48. The lowest BCUT2D eigenvalue weighted by atomic mass is 10.3. The number of nitrogens with zero attached hydrogens (tertiary/aromatic N) is 4. The number of nitrogens with one attached hydrogen (secondary N) is 2. The van der Waals surface area contributed by atoms with Crippen molar-refractivity contribution >= 4 is 23.1 Å². The molecule has 3 aromatic heterocycles. The van der Waals surface area contributed by atoms with Gasteiger partial charge in [-0.3, -0.25) is 9.78 Å². The van der Waals surface area contributed by atoms with Crippen molar-refractivity contribution in [3.05, 3.63) is 72.6 Å². The van der Waals surface area contributed by atoms with Crippen LogP contribution in [0.3, 0.4) is 0 Å². The molecule has 0 saturated carbocycles. The summed E-state index contributed by atoms with van der Waals surface area (Å²) in [5.41, 5.74) is 8.05. The van der Waals surface area contributed by atoms with E-state index in [0.717, 1.165) is 17.8 Å². The van der Waals surface area contributed by atoms with Gasteiger partial charge in [-0.2, -0.15) is 0 Å². The molecule has 1 amide bonds. The molecule has 3 aromatic rings. The van der Waals surface area contributed by atoms with Gasteiger partial charge < -0.3 is 21.1 Å². The van der Waals surface area contributed by atoms with Gasteiger partial charge in [0, 0.05) is 18.1 Å². The Morgan fingerprint density at radius 2 is 2.03 bits per heavy atom. The number of hydrogen-bond donors (Lipinski definition) is 3. The standard InChI is InChI=1S/C21H23N7O2/c1-2-3-4-10-30-19-14-26-18(13-27-19)21(29)28-15-7-9-23-16(11-15)12-25-17-6-5-8-24-20(17)22/h3-9,11,13-14,25H,2,10,12H2,1H3,(H2,22,24)(H,23,28,29)/b4-3-. The van der Waals surface area contributed by atoms with E-state index in [4.69, 9.17) is 10.5 Å². The Morgan fingerprint density at radius 1 is 1.13 bits per heavy atom. The number of aromatic nitrogens is 4. The molecular formula is C21H23N7O2. The van der Waals surface area contributed by atoms with Gasteiger partial charge >= 0.3 is 0 Å². The fraction of sp³-hybridized carbons (Fsp3) is 0.190. The Morgan fingerprint density at radius 3 is 2.80 bits per heavy atom. The zero-order chi connectivity index (χ0) is 21.2. The first-order valence-corrected chi connectivity index (χ1v) is 9.46. The van der Waals surface area contributed by atoms with E-state index in [0.29, 0.717) is 30.5 Å². The Labute approximate surface area is 174 Å². The summed E-state index contributed by atoms with van der Waals surface area (Å²) in [4.78, 5) is 29.0. The number of carbonyl (C=O) groups is 1. The van der Waals surface area contributed by atoms with Gasteiger partial charge in [-0.15, -0.1) is 0 Å². The zero-order valence-corrected chi connectivity index (χ0v) is 16.6. The summed E-state index contributed by atoms with van der Waals surface area (Å²) in [6.45, 7) is 2.88. The molecule has 30 heavy (non-hydrogen) atoms. The van der Waals surface area contributed by atoms with E-state index in [1.54, 1.807) is 30.6 Å². The predicted molar refractivity (Wildman–Crippen MR) is 115 cm³/mol. The number of pyridine rings is 2. The first kappa shape index (κ1) is 20.7. The summed E-state index contributed by atoms with van der Waals surface area (Å²) in [5, 5.41) is 5.96. The highest BCUT2D eigenvalue weighted by Crippen LogP contribution is 2.16. The van der Waals surface area contributed by atoms with E-state index in [-0.39, 0.29) is 11.6 Å². The van der Waals surface area contributed by atoms with Crippen LogP contribution in [0.4, 0.5) is 17.2 Å². The van der Waals surface area contributed by atoms with E-state index in [1.807, 2.05) is 25.1 Å². The van der Waals surface area contributed by atoms with Crippen LogP contribution in [0.5, 0.6) is 5.88 Å². The molecule has 0 aromatic carbocycles. The SMILES string of the molecule is CC/C=C\COc1cnc(C(=O)Nc2ccnc(CNc3cccnc3N)c2)cn1. The van der Waals surface area contributed by atoms with Crippen LogP contribution in [0.25, 0.3) is 0 Å². The van der Waals surface area contributed by atoms with Crippen LogP contribution in [-0.2, 0) is 6.54 Å². The summed E-state index contributed by atoms with van der Waals surface area (Å²) < 4.78 is 5.43. The van der Waals surface area contributed by atoms with Crippen molar-refractivity contribution in [1.29, 1.82) is 0 Å². The second-order valence-corrected chi connectivity index (χ2v) is 6.21. The third kappa shape index (κ3) is 5.99. The highest BCUT2D eigenvalue weighted by Gasteiger charge is 2.10. The van der Waals surface area contributed by atoms with Crippen molar-refractivity contribution in [2.24, 2.45) is 0 Å². The van der Waals surface area contributed by atoms with Gasteiger partial charge in [-0.05, 0) is 30.7 Å². The summed E-state index contributed by atoms with van der Waals surface area (Å²) in [5.74, 6) is 0.398. The van der Waals surface area contributed by atoms with Crippen molar-refractivity contribution in [2.75, 3.05) is 23.0 Å². The number of ether oxygens (including phenoxy) is 1. The van der Waals surface area contributed by atoms with Gasteiger partial charge in [0.05, 0.1) is 30.3 Å². The Balaban J connectivity index is 1.56. The van der Waals surface area contributed by atoms with Crippen LogP contribution < -0.4 is 21.1 Å². The topological polar surface area (TPSA) is 128 Å². The van der Waals surface area contributed by atoms with Gasteiger partial charge in [-0.1, -0.05) is 19.1 Å². The van der Waals surface area contributed by atoms with Crippen molar-refractivity contribution in [3.63, 3.8) is 0 Å². The Bertz CT molecular complexity index is 1010. The minimum Gasteiger partial charge on any atom is -0.472 e. The zero-order valence-electron chi connectivity index (χ0n) is 16.6. The van der Waals surface area contributed by atoms with E-state index in [1.165, 1.54) is 12.4 Å². The van der Waals surface area contributed by atoms with E-state index >= 15 is 0 Å². The molecule has 0 radical (unpaired) electrons. The average molecular weight is 405 g/mol. The minimum atomic E-state index is -0.374. The first-order chi connectivity index (χ1) is 14.7. The lowest BCUT2D eigenvalue weighted by molar-refractivity contribution is 0.102. The summed E-state index contributed by atoms with van der Waals surface area (Å²) in [7, 11) is 0. The van der Waals surface area contributed by atoms with E-state index < -0.39 is 0 Å². The lowest BCUT2D eigenvalue weighted by Crippen LogP contribution is -2.15. The van der Waals surface area contributed by atoms with Gasteiger partial charge in [0.2, 0.25) is 5.88 Å². The molecule has 0 bridgehead atoms. The number of amides is 1. The molecule has 154 valence electrons. The van der Waals surface area contributed by atoms with Crippen molar-refractivity contribution < 1.29 is 9.53 Å². The second-order valence-electron chi connectivity index (χ2n) is 6.21. The molecular weight excluding hydrogens is 382 g/mol. The molecule has 0 aliphatic rings. The van der Waals surface area contributed by atoms with Crippen LogP contribution in [0.2, 0.25) is 0 Å². The molecule has 9 heteroatoms. The molecule has 0 aliphatic carbocycles. The molecule has 0 atom stereocenters. The summed E-state index contributed by atoms with van der Waals surface area (Å²) in [6, 6.07) is 7.09. The maximum atomic E-state index is 12.4. The Hall–Kier alpha value is -4.01. The molecule has 4 N–H and O–H groups in total. The van der Waals surface area contributed by atoms with Gasteiger partial charge in [0.15, 0.2) is 0 Å². The maximum Gasteiger partial charge on any atom is 0.275 e. The molecule has 9 nitrogen and oxygen atoms in total. The minimum absolute atomic E-state index is 0.186. The van der Waals surface area contributed by atoms with Crippen molar-refractivity contribution in [1.82, 2.24) is 19.9 Å².